The van der Waals surface area contributed by atoms with Crippen molar-refractivity contribution in [1.29, 1.82) is 0 Å². The van der Waals surface area contributed by atoms with E-state index in [0.717, 1.165) is 81.7 Å². The van der Waals surface area contributed by atoms with Crippen molar-refractivity contribution >= 4 is 103 Å². The summed E-state index contributed by atoms with van der Waals surface area (Å²) in [6, 6.07) is 8.08. The molecule has 3 aromatic carbocycles. The number of phenols is 1. The van der Waals surface area contributed by atoms with Crippen molar-refractivity contribution in [1.82, 2.24) is 63.0 Å². The van der Waals surface area contributed by atoms with Gasteiger partial charge in [0.1, 0.15) is 78.8 Å². The highest BCUT2D eigenvalue weighted by Gasteiger charge is 2.60. The summed E-state index contributed by atoms with van der Waals surface area (Å²) >= 11 is 0. The lowest BCUT2D eigenvalue weighted by Gasteiger charge is -2.58. The number of aryl methyl sites for hydroxylation is 1. The van der Waals surface area contributed by atoms with Crippen molar-refractivity contribution in [3.8, 4) is 5.75 Å². The van der Waals surface area contributed by atoms with Gasteiger partial charge in [-0.15, -0.1) is 0 Å². The van der Waals surface area contributed by atoms with Crippen molar-refractivity contribution in [2.24, 2.45) is 76.9 Å². The molecule has 1 aromatic heterocycles. The van der Waals surface area contributed by atoms with E-state index >= 15 is 33.6 Å². The molecule has 5 aliphatic carbocycles. The van der Waals surface area contributed by atoms with Crippen LogP contribution in [0.15, 0.2) is 139 Å². The number of hydrogen-bond donors (Lipinski definition) is 13. The summed E-state index contributed by atoms with van der Waals surface area (Å²) in [6.07, 6.45) is 28.0. The van der Waals surface area contributed by atoms with Gasteiger partial charge in [-0.05, 0) is 220 Å². The van der Waals surface area contributed by atoms with E-state index in [1.165, 1.54) is 74.5 Å². The van der Waals surface area contributed by atoms with Crippen molar-refractivity contribution in [3.63, 3.8) is 0 Å². The van der Waals surface area contributed by atoms with Gasteiger partial charge in [-0.25, -0.2) is 9.36 Å². The van der Waals surface area contributed by atoms with Crippen LogP contribution in [0.25, 0.3) is 10.8 Å². The molecule has 0 bridgehead atoms. The first-order valence-corrected chi connectivity index (χ1v) is 50.1. The summed E-state index contributed by atoms with van der Waals surface area (Å²) < 4.78 is 7.72. The highest BCUT2D eigenvalue weighted by atomic mass is 33.1. The summed E-state index contributed by atoms with van der Waals surface area (Å²) in [6.45, 7) is 17.8. The van der Waals surface area contributed by atoms with Crippen LogP contribution in [-0.4, -0.2) is 201 Å². The number of primary amides is 1. The van der Waals surface area contributed by atoms with Crippen molar-refractivity contribution in [2.75, 3.05) is 37.7 Å². The third-order valence-electron chi connectivity index (χ3n) is 29.6. The average molecular weight is 1840 g/mol. The number of carbonyl (C=O) groups is 12. The van der Waals surface area contributed by atoms with Crippen LogP contribution in [0.5, 0.6) is 5.75 Å². The number of benzene rings is 3. The van der Waals surface area contributed by atoms with Gasteiger partial charge in [-0.3, -0.25) is 52.7 Å². The Bertz CT molecular complexity index is 4950. The average Bonchev–Trinajstić information content (AvgIpc) is 1.66. The Morgan fingerprint density at radius 1 is 0.687 bits per heavy atom. The first-order chi connectivity index (χ1) is 62.7. The van der Waals surface area contributed by atoms with E-state index in [1.54, 1.807) is 73.2 Å². The molecule has 0 spiro atoms. The number of allylic oxidation sites excluding steroid dienone is 4. The summed E-state index contributed by atoms with van der Waals surface area (Å²) in [5.74, 6) is -5.94. The Morgan fingerprint density at radius 2 is 1.39 bits per heavy atom. The Labute approximate surface area is 777 Å². The highest BCUT2D eigenvalue weighted by Crippen LogP contribution is 2.68. The van der Waals surface area contributed by atoms with E-state index in [-0.39, 0.29) is 105 Å². The van der Waals surface area contributed by atoms with Gasteiger partial charge in [0.05, 0.1) is 18.8 Å². The molecular formula is C100H137N14O15S2+. The number of rotatable bonds is 29. The van der Waals surface area contributed by atoms with Gasteiger partial charge < -0.3 is 83.7 Å². The molecule has 3 saturated carbocycles. The maximum atomic E-state index is 15.8. The lowest BCUT2D eigenvalue weighted by atomic mass is 9.46. The smallest absolute Gasteiger partial charge is 0.407 e. The third kappa shape index (κ3) is 24.2. The fraction of sp³-hybridized carbons (Fsp3) is 0.590. The predicted molar refractivity (Wildman–Crippen MR) is 503 cm³/mol. The first-order valence-electron chi connectivity index (χ1n) is 47.6. The van der Waals surface area contributed by atoms with Crippen molar-refractivity contribution < 1.29 is 77.1 Å². The zero-order chi connectivity index (χ0) is 93.5. The van der Waals surface area contributed by atoms with Crippen LogP contribution in [0.3, 0.4) is 0 Å². The van der Waals surface area contributed by atoms with Crippen molar-refractivity contribution in [2.45, 2.75) is 263 Å². The number of ether oxygens (including phenoxy) is 1. The molecule has 9 aliphatic rings. The predicted octanol–water partition coefficient (Wildman–Crippen LogP) is 8.79. The number of phenolic OH excluding ortho intramolecular Hbond substituents is 1. The number of unbranched alkanes of at least 4 members (excludes halogenated alkanes) is 1. The van der Waals surface area contributed by atoms with Gasteiger partial charge in [-0.1, -0.05) is 180 Å². The number of aromatic hydroxyl groups is 1. The fourth-order valence-electron chi connectivity index (χ4n) is 22.4. The quantitative estimate of drug-likeness (QED) is 0.0104. The number of nitrogens with two attached hydrogens (primary N) is 1. The van der Waals surface area contributed by atoms with E-state index in [2.05, 4.69) is 93.9 Å². The van der Waals surface area contributed by atoms with Gasteiger partial charge in [0.2, 0.25) is 59.1 Å². The van der Waals surface area contributed by atoms with E-state index in [1.807, 2.05) is 66.8 Å². The molecule has 21 atom stereocenters. The van der Waals surface area contributed by atoms with Gasteiger partial charge >= 0.3 is 6.09 Å². The number of alkyl carbamates (subject to hydrolysis) is 1. The normalized spacial score (nSPS) is 29.2. The van der Waals surface area contributed by atoms with Crippen LogP contribution in [0.2, 0.25) is 0 Å². The molecule has 29 nitrogen and oxygen atoms in total. The molecule has 12 amide bonds. The highest BCUT2D eigenvalue weighted by molar-refractivity contribution is 8.76. The van der Waals surface area contributed by atoms with Crippen LogP contribution >= 0.6 is 21.6 Å². The third-order valence-corrected chi connectivity index (χ3v) is 32.1. The Morgan fingerprint density at radius 3 is 2.13 bits per heavy atom. The van der Waals surface area contributed by atoms with Crippen LogP contribution in [-0.2, 0) is 72.6 Å². The number of nitrogens with zero attached hydrogens (tertiary/aromatic N) is 3. The zero-order valence-corrected chi connectivity index (χ0v) is 78.9. The van der Waals surface area contributed by atoms with Gasteiger partial charge in [0.15, 0.2) is 12.4 Å². The summed E-state index contributed by atoms with van der Waals surface area (Å²) in [5.41, 5.74) is 9.87. The first kappa shape index (κ1) is 98.2. The monoisotopic (exact) mass is 1840 g/mol. The second-order valence-electron chi connectivity index (χ2n) is 39.5. The lowest BCUT2D eigenvalue weighted by Crippen LogP contribution is -2.62. The molecule has 131 heavy (non-hydrogen) atoms. The number of aromatic nitrogens is 1. The van der Waals surface area contributed by atoms with E-state index in [9.17, 15) is 34.2 Å². The van der Waals surface area contributed by atoms with Crippen LogP contribution in [0.1, 0.15) is 199 Å². The van der Waals surface area contributed by atoms with Gasteiger partial charge in [0, 0.05) is 56.0 Å². The van der Waals surface area contributed by atoms with E-state index in [0.29, 0.717) is 71.7 Å². The SMILES string of the molecule is CC(C)CCCC(C)C1CCC2C3CC=C4CC(COC(=O)NCCCCC5NC(=O)C(CC6=CNC7C=CC=CC67)NC(=O)C(Cc6ccc(O)cc6)NC(=O)C(NC(=O)C(Cc6ccc7ccccc7c6)NC(=O)C6CCCN6C(=O)C6CCCN6C(=O)c6ccc[n+](C)c6)CSSCC(C(=O)NC(C(N)=O)C(C)O)NC(=O)C(C(C)C)NC5=O)CCC4(C)C3CCC12C. The Balaban J connectivity index is 0.749. The largest absolute Gasteiger partial charge is 0.508 e. The van der Waals surface area contributed by atoms with E-state index in [4.69, 9.17) is 10.5 Å². The van der Waals surface area contributed by atoms with E-state index < -0.39 is 138 Å². The molecule has 14 N–H and O–H groups in total. The molecular weight excluding hydrogens is 1700 g/mol. The summed E-state index contributed by atoms with van der Waals surface area (Å²) in [4.78, 5) is 181. The minimum atomic E-state index is -1.65. The second-order valence-corrected chi connectivity index (χ2v) is 42.0. The van der Waals surface area contributed by atoms with Crippen LogP contribution < -0.4 is 63.5 Å². The second kappa shape index (κ2) is 44.5. The molecule has 6 fully saturated rings. The maximum absolute atomic E-state index is 15.8. The van der Waals surface area contributed by atoms with Crippen molar-refractivity contribution in [3.05, 3.63) is 156 Å². The van der Waals surface area contributed by atoms with Crippen LogP contribution in [0.4, 0.5) is 4.79 Å². The number of nitrogens with one attached hydrogen (secondary N) is 10. The molecule has 708 valence electrons. The topological polar surface area (TPSA) is 411 Å². The number of carbonyl (C=O) groups excluding carboxylic acids is 12. The Hall–Kier alpha value is -10.3. The summed E-state index contributed by atoms with van der Waals surface area (Å²) in [7, 11) is 3.70. The molecule has 21 unspecified atom stereocenters. The number of fused-ring (bicyclic) bond motifs is 7. The molecule has 4 aromatic rings. The number of aliphatic hydroxyl groups is 1. The number of pyridine rings is 1. The zero-order valence-electron chi connectivity index (χ0n) is 77.3. The molecule has 13 rings (SSSR count). The molecule has 3 saturated heterocycles. The summed E-state index contributed by atoms with van der Waals surface area (Å²) in [5, 5.41) is 51.9. The number of amides is 12. The molecule has 4 aliphatic heterocycles. The minimum absolute atomic E-state index is 0.0675. The lowest BCUT2D eigenvalue weighted by molar-refractivity contribution is -0.671. The maximum Gasteiger partial charge on any atom is 0.407 e. The molecule has 31 heteroatoms. The number of aliphatic hydroxyl groups excluding tert-OH is 1. The number of likely N-dealkylation sites (tertiary alicyclic amines) is 2. The van der Waals surface area contributed by atoms with Gasteiger partial charge in [0.25, 0.3) is 5.91 Å². The van der Waals surface area contributed by atoms with Crippen LogP contribution in [0, 0.1) is 64.1 Å². The standard InChI is InChI=1S/C100H136N14O15S2/c1-58(2)20-16-21-60(5)73-38-39-74-72-37-34-69-49-64(40-42-99(69,7)75(72)41-43-100(73,74)8)55-129-98(128)102-44-15-14-27-77-88(118)110-85(59(3)4)95(125)109-82(93(123)111-86(61(6)115)87(101)117)57-131-130-56-81(92(122)105-78(50-62-31-35-70(116)36-32-62)89(119)106-80(91(121)104-77)52-68-53-103-76-26-13-12-25-71(68)76)108-90(120)79(51-63-30-33-65-22-10-11-23-66(65)48-63)107-94(124)83-28-18-46-113(83)97(127)84-29-19-47-114(84)96(126)67-24-17-45-112(9)54-67/h10-13,17,22-26,30-36,45,48,53-54,58-61,64,71-86,103,115H,14-16,18-21,27-29,37-44,46-47,49-52,55-57H2,1-9H3,(H11-,101,102,104,105,106,107,108,109,110,111,116,117,118,119,120,121,122,123,124,125,128)/p+1. The molecule has 5 heterocycles. The minimum Gasteiger partial charge on any atom is -0.508 e. The fourth-order valence-corrected chi connectivity index (χ4v) is 24.7. The Kier molecular flexibility index (Phi) is 33.4. The molecule has 0 radical (unpaired) electrons. The van der Waals surface area contributed by atoms with Gasteiger partial charge in [-0.2, -0.15) is 0 Å². The number of hydrogen-bond acceptors (Lipinski definition) is 18.